The van der Waals surface area contributed by atoms with E-state index in [1.807, 2.05) is 32.0 Å². The minimum absolute atomic E-state index is 0.116. The highest BCUT2D eigenvalue weighted by atomic mass is 16.6. The third-order valence-electron chi connectivity index (χ3n) is 4.72. The van der Waals surface area contributed by atoms with E-state index < -0.39 is 17.9 Å². The Bertz CT molecular complexity index is 864. The Morgan fingerprint density at radius 1 is 0.867 bits per heavy atom. The highest BCUT2D eigenvalue weighted by Gasteiger charge is 2.32. The predicted molar refractivity (Wildman–Crippen MR) is 112 cm³/mol. The van der Waals surface area contributed by atoms with Crippen molar-refractivity contribution in [2.45, 2.75) is 40.7 Å². The van der Waals surface area contributed by atoms with Gasteiger partial charge in [-0.05, 0) is 56.5 Å². The molecule has 30 heavy (non-hydrogen) atoms. The maximum absolute atomic E-state index is 12.7. The molecule has 0 bridgehead atoms. The SMILES string of the molecule is CCOC(=O)C(CC(=O)c1cccc(OCc2c(C)cccc2C)c1)C(=O)OCC. The van der Waals surface area contributed by atoms with Crippen LogP contribution in [-0.4, -0.2) is 30.9 Å². The fourth-order valence-electron chi connectivity index (χ4n) is 3.04. The van der Waals surface area contributed by atoms with Gasteiger partial charge in [-0.1, -0.05) is 30.3 Å². The van der Waals surface area contributed by atoms with Gasteiger partial charge in [-0.2, -0.15) is 0 Å². The number of esters is 2. The summed E-state index contributed by atoms with van der Waals surface area (Å²) in [5, 5.41) is 0. The van der Waals surface area contributed by atoms with Crippen LogP contribution in [0.25, 0.3) is 0 Å². The second-order valence-corrected chi connectivity index (χ2v) is 6.87. The van der Waals surface area contributed by atoms with Crippen LogP contribution in [-0.2, 0) is 25.7 Å². The molecular weight excluding hydrogens is 384 g/mol. The molecule has 0 aromatic heterocycles. The van der Waals surface area contributed by atoms with Crippen molar-refractivity contribution >= 4 is 17.7 Å². The van der Waals surface area contributed by atoms with E-state index >= 15 is 0 Å². The van der Waals surface area contributed by atoms with Crippen LogP contribution in [0.15, 0.2) is 42.5 Å². The molecule has 0 saturated carbocycles. The van der Waals surface area contributed by atoms with E-state index in [0.29, 0.717) is 17.9 Å². The summed E-state index contributed by atoms with van der Waals surface area (Å²) < 4.78 is 15.7. The molecule has 0 aliphatic carbocycles. The molecule has 2 aromatic carbocycles. The molecule has 0 aliphatic rings. The van der Waals surface area contributed by atoms with Gasteiger partial charge in [0.05, 0.1) is 13.2 Å². The third kappa shape index (κ3) is 6.17. The van der Waals surface area contributed by atoms with Crippen LogP contribution >= 0.6 is 0 Å². The Labute approximate surface area is 177 Å². The monoisotopic (exact) mass is 412 g/mol. The molecule has 0 fully saturated rings. The van der Waals surface area contributed by atoms with Crippen molar-refractivity contribution in [3.63, 3.8) is 0 Å². The Kier molecular flexibility index (Phi) is 8.59. The van der Waals surface area contributed by atoms with Gasteiger partial charge in [0.2, 0.25) is 0 Å². The van der Waals surface area contributed by atoms with Crippen molar-refractivity contribution in [1.29, 1.82) is 0 Å². The van der Waals surface area contributed by atoms with Crippen LogP contribution in [0.5, 0.6) is 5.75 Å². The van der Waals surface area contributed by atoms with Crippen LogP contribution in [0.4, 0.5) is 0 Å². The van der Waals surface area contributed by atoms with Gasteiger partial charge in [-0.3, -0.25) is 14.4 Å². The number of Topliss-reactive ketones (excluding diaryl/α,β-unsaturated/α-hetero) is 1. The number of hydrogen-bond donors (Lipinski definition) is 0. The Hall–Kier alpha value is -3.15. The Morgan fingerprint density at radius 3 is 2.00 bits per heavy atom. The number of carbonyl (C=O) groups excluding carboxylic acids is 3. The van der Waals surface area contributed by atoms with E-state index in [-0.39, 0.29) is 25.4 Å². The predicted octanol–water partition coefficient (Wildman–Crippen LogP) is 4.20. The first-order valence-corrected chi connectivity index (χ1v) is 10.0. The quantitative estimate of drug-likeness (QED) is 0.331. The molecule has 0 amide bonds. The standard InChI is InChI=1S/C24H28O6/c1-5-28-23(26)20(24(27)29-6-2)14-22(25)18-11-8-12-19(13-18)30-15-21-16(3)9-7-10-17(21)4/h7-13,20H,5-6,14-15H2,1-4H3. The van der Waals surface area contributed by atoms with Gasteiger partial charge in [-0.15, -0.1) is 0 Å². The highest BCUT2D eigenvalue weighted by Crippen LogP contribution is 2.21. The van der Waals surface area contributed by atoms with E-state index in [1.54, 1.807) is 38.1 Å². The molecule has 0 unspecified atom stereocenters. The molecule has 0 saturated heterocycles. The highest BCUT2D eigenvalue weighted by molar-refractivity contribution is 6.04. The number of ketones is 1. The summed E-state index contributed by atoms with van der Waals surface area (Å²) in [7, 11) is 0. The molecule has 0 spiro atoms. The summed E-state index contributed by atoms with van der Waals surface area (Å²) >= 11 is 0. The van der Waals surface area contributed by atoms with Crippen LogP contribution in [0.1, 0.15) is 47.3 Å². The van der Waals surface area contributed by atoms with E-state index in [9.17, 15) is 14.4 Å². The number of carbonyl (C=O) groups is 3. The summed E-state index contributed by atoms with van der Waals surface area (Å²) in [5.74, 6) is -2.62. The van der Waals surface area contributed by atoms with Crippen LogP contribution in [0, 0.1) is 19.8 Å². The lowest BCUT2D eigenvalue weighted by molar-refractivity contribution is -0.161. The first-order valence-electron chi connectivity index (χ1n) is 10.0. The largest absolute Gasteiger partial charge is 0.489 e. The van der Waals surface area contributed by atoms with Gasteiger partial charge in [0, 0.05) is 12.0 Å². The first-order chi connectivity index (χ1) is 14.4. The van der Waals surface area contributed by atoms with Gasteiger partial charge in [0.25, 0.3) is 0 Å². The molecule has 0 aliphatic heterocycles. The van der Waals surface area contributed by atoms with Crippen LogP contribution < -0.4 is 4.74 Å². The van der Waals surface area contributed by atoms with E-state index in [4.69, 9.17) is 14.2 Å². The summed E-state index contributed by atoms with van der Waals surface area (Å²) in [5.41, 5.74) is 3.72. The fourth-order valence-corrected chi connectivity index (χ4v) is 3.04. The number of rotatable bonds is 10. The summed E-state index contributed by atoms with van der Waals surface area (Å²) in [6, 6.07) is 12.8. The van der Waals surface area contributed by atoms with Gasteiger partial charge in [0.1, 0.15) is 12.4 Å². The topological polar surface area (TPSA) is 78.9 Å². The molecule has 0 heterocycles. The smallest absolute Gasteiger partial charge is 0.320 e. The molecule has 6 heteroatoms. The maximum Gasteiger partial charge on any atom is 0.320 e. The second-order valence-electron chi connectivity index (χ2n) is 6.87. The zero-order valence-electron chi connectivity index (χ0n) is 17.9. The Morgan fingerprint density at radius 2 is 1.43 bits per heavy atom. The number of aryl methyl sites for hydroxylation is 2. The molecule has 160 valence electrons. The van der Waals surface area contributed by atoms with Crippen molar-refractivity contribution in [1.82, 2.24) is 0 Å². The lowest BCUT2D eigenvalue weighted by Gasteiger charge is -2.14. The molecule has 2 rings (SSSR count). The average molecular weight is 412 g/mol. The zero-order chi connectivity index (χ0) is 22.1. The molecular formula is C24H28O6. The molecule has 0 radical (unpaired) electrons. The van der Waals surface area contributed by atoms with Gasteiger partial charge >= 0.3 is 11.9 Å². The van der Waals surface area contributed by atoms with Crippen molar-refractivity contribution < 1.29 is 28.6 Å². The van der Waals surface area contributed by atoms with Crippen LogP contribution in [0.2, 0.25) is 0 Å². The third-order valence-corrected chi connectivity index (χ3v) is 4.72. The average Bonchev–Trinajstić information content (AvgIpc) is 2.72. The number of benzene rings is 2. The van der Waals surface area contributed by atoms with Crippen molar-refractivity contribution in [3.05, 3.63) is 64.7 Å². The summed E-state index contributed by atoms with van der Waals surface area (Å²) in [6.07, 6.45) is -0.321. The molecule has 0 N–H and O–H groups in total. The molecule has 0 atom stereocenters. The lowest BCUT2D eigenvalue weighted by atomic mass is 9.98. The van der Waals surface area contributed by atoms with Crippen molar-refractivity contribution in [3.8, 4) is 5.75 Å². The summed E-state index contributed by atoms with van der Waals surface area (Å²) in [6.45, 7) is 7.94. The minimum Gasteiger partial charge on any atom is -0.489 e. The van der Waals surface area contributed by atoms with Crippen molar-refractivity contribution in [2.24, 2.45) is 5.92 Å². The second kappa shape index (κ2) is 11.1. The maximum atomic E-state index is 12.7. The minimum atomic E-state index is -1.28. The number of ether oxygens (including phenoxy) is 3. The molecule has 2 aromatic rings. The van der Waals surface area contributed by atoms with Gasteiger partial charge < -0.3 is 14.2 Å². The zero-order valence-corrected chi connectivity index (χ0v) is 17.9. The fraction of sp³-hybridized carbons (Fsp3) is 0.375. The van der Waals surface area contributed by atoms with Gasteiger partial charge in [0.15, 0.2) is 11.7 Å². The van der Waals surface area contributed by atoms with E-state index in [2.05, 4.69) is 0 Å². The van der Waals surface area contributed by atoms with E-state index in [0.717, 1.165) is 16.7 Å². The normalized spacial score (nSPS) is 10.6. The van der Waals surface area contributed by atoms with E-state index in [1.165, 1.54) is 0 Å². The molecule has 6 nitrogen and oxygen atoms in total. The lowest BCUT2D eigenvalue weighted by Crippen LogP contribution is -2.30. The van der Waals surface area contributed by atoms with Crippen LogP contribution in [0.3, 0.4) is 0 Å². The summed E-state index contributed by atoms with van der Waals surface area (Å²) in [4.78, 5) is 37.0. The Balaban J connectivity index is 2.12. The van der Waals surface area contributed by atoms with Crippen molar-refractivity contribution in [2.75, 3.05) is 13.2 Å². The first kappa shape index (κ1) is 23.1. The number of hydrogen-bond acceptors (Lipinski definition) is 6. The van der Waals surface area contributed by atoms with Gasteiger partial charge in [-0.25, -0.2) is 0 Å².